The fourth-order valence-corrected chi connectivity index (χ4v) is 3.55. The molecule has 0 spiro atoms. The average molecular weight is 379 g/mol. The Labute approximate surface area is 153 Å². The number of sulfonamides is 1. The van der Waals surface area contributed by atoms with Crippen molar-refractivity contribution < 1.29 is 13.2 Å². The molecule has 0 radical (unpaired) electrons. The lowest BCUT2D eigenvalue weighted by Gasteiger charge is -2.08. The summed E-state index contributed by atoms with van der Waals surface area (Å²) in [5.74, 6) is 0.686. The first-order chi connectivity index (χ1) is 11.8. The summed E-state index contributed by atoms with van der Waals surface area (Å²) in [7, 11) is -3.31. The smallest absolute Gasteiger partial charge is 0.229 e. The van der Waals surface area contributed by atoms with Crippen molar-refractivity contribution in [1.82, 2.24) is 5.32 Å². The van der Waals surface area contributed by atoms with Crippen LogP contribution in [0.25, 0.3) is 0 Å². The van der Waals surface area contributed by atoms with Crippen molar-refractivity contribution in [2.75, 3.05) is 16.7 Å². The summed E-state index contributed by atoms with van der Waals surface area (Å²) in [5, 5.41) is 2.85. The molecule has 0 saturated carbocycles. The first-order valence-corrected chi connectivity index (χ1v) is 10.7. The second-order valence-electron chi connectivity index (χ2n) is 5.76. The van der Waals surface area contributed by atoms with Crippen molar-refractivity contribution in [3.63, 3.8) is 0 Å². The lowest BCUT2D eigenvalue weighted by molar-refractivity contribution is -0.120. The molecule has 0 fully saturated rings. The molecule has 25 heavy (non-hydrogen) atoms. The van der Waals surface area contributed by atoms with E-state index < -0.39 is 10.0 Å². The molecule has 0 aliphatic carbocycles. The zero-order valence-corrected chi connectivity index (χ0v) is 15.9. The third kappa shape index (κ3) is 7.62. The Morgan fingerprint density at radius 2 is 1.84 bits per heavy atom. The average Bonchev–Trinajstić information content (AvgIpc) is 2.54. The molecule has 2 rings (SSSR count). The molecule has 0 unspecified atom stereocenters. The molecule has 1 amide bonds. The van der Waals surface area contributed by atoms with E-state index in [4.69, 9.17) is 0 Å². The van der Waals surface area contributed by atoms with Gasteiger partial charge in [-0.25, -0.2) is 8.42 Å². The number of benzene rings is 2. The lowest BCUT2D eigenvalue weighted by Crippen LogP contribution is -2.23. The number of hydrogen-bond acceptors (Lipinski definition) is 4. The molecular weight excluding hydrogens is 356 g/mol. The van der Waals surface area contributed by atoms with E-state index in [9.17, 15) is 13.2 Å². The minimum Gasteiger partial charge on any atom is -0.352 e. The number of hydrogen-bond donors (Lipinski definition) is 2. The van der Waals surface area contributed by atoms with E-state index in [-0.39, 0.29) is 5.91 Å². The molecule has 0 saturated heterocycles. The second-order valence-corrected chi connectivity index (χ2v) is 8.68. The summed E-state index contributed by atoms with van der Waals surface area (Å²) in [5.41, 5.74) is 2.55. The van der Waals surface area contributed by atoms with E-state index in [1.807, 2.05) is 13.0 Å². The molecule has 2 N–H and O–H groups in total. The zero-order valence-electron chi connectivity index (χ0n) is 14.3. The Bertz CT molecular complexity index is 818. The van der Waals surface area contributed by atoms with Crippen molar-refractivity contribution in [2.45, 2.75) is 24.8 Å². The van der Waals surface area contributed by atoms with Crippen LogP contribution >= 0.6 is 11.8 Å². The molecule has 0 bridgehead atoms. The fraction of sp³-hybridized carbons (Fsp3) is 0.278. The van der Waals surface area contributed by atoms with Crippen molar-refractivity contribution in [2.24, 2.45) is 0 Å². The number of carbonyl (C=O) groups excluding carboxylic acids is 1. The molecule has 0 heterocycles. The quantitative estimate of drug-likeness (QED) is 0.692. The van der Waals surface area contributed by atoms with Gasteiger partial charge < -0.3 is 5.32 Å². The Hall–Kier alpha value is -1.99. The minimum atomic E-state index is -3.31. The van der Waals surface area contributed by atoms with Crippen LogP contribution in [0.15, 0.2) is 53.4 Å². The number of amides is 1. The van der Waals surface area contributed by atoms with Gasteiger partial charge in [0.1, 0.15) is 0 Å². The van der Waals surface area contributed by atoms with Gasteiger partial charge in [-0.05, 0) is 36.8 Å². The normalized spacial score (nSPS) is 11.1. The molecule has 5 nitrogen and oxygen atoms in total. The van der Waals surface area contributed by atoms with Crippen LogP contribution in [0.2, 0.25) is 0 Å². The Balaban J connectivity index is 1.76. The van der Waals surface area contributed by atoms with Gasteiger partial charge in [0.15, 0.2) is 0 Å². The van der Waals surface area contributed by atoms with Crippen LogP contribution < -0.4 is 10.0 Å². The van der Waals surface area contributed by atoms with E-state index >= 15 is 0 Å². The van der Waals surface area contributed by atoms with Gasteiger partial charge in [0.05, 0.1) is 6.26 Å². The highest BCUT2D eigenvalue weighted by Crippen LogP contribution is 2.19. The molecule has 2 aromatic rings. The van der Waals surface area contributed by atoms with E-state index in [0.717, 1.165) is 16.7 Å². The lowest BCUT2D eigenvalue weighted by atomic mass is 10.2. The maximum atomic E-state index is 11.9. The summed E-state index contributed by atoms with van der Waals surface area (Å²) in [4.78, 5) is 13.1. The van der Waals surface area contributed by atoms with Crippen LogP contribution in [0.4, 0.5) is 5.69 Å². The van der Waals surface area contributed by atoms with E-state index in [2.05, 4.69) is 34.3 Å². The number of anilines is 1. The first kappa shape index (κ1) is 19.3. The van der Waals surface area contributed by atoms with Gasteiger partial charge in [0, 0.05) is 29.3 Å². The highest BCUT2D eigenvalue weighted by molar-refractivity contribution is 7.99. The van der Waals surface area contributed by atoms with Gasteiger partial charge in [0.2, 0.25) is 15.9 Å². The molecular formula is C18H22N2O3S2. The number of thioether (sulfide) groups is 1. The number of carbonyl (C=O) groups is 1. The van der Waals surface area contributed by atoms with Crippen LogP contribution in [0.1, 0.15) is 17.5 Å². The molecule has 2 aromatic carbocycles. The summed E-state index contributed by atoms with van der Waals surface area (Å²) in [6.45, 7) is 2.41. The molecule has 134 valence electrons. The zero-order chi connectivity index (χ0) is 18.3. The van der Waals surface area contributed by atoms with Crippen LogP contribution in [-0.2, 0) is 21.4 Å². The largest absolute Gasteiger partial charge is 0.352 e. The number of aryl methyl sites for hydroxylation is 1. The van der Waals surface area contributed by atoms with Crippen LogP contribution in [-0.4, -0.2) is 26.3 Å². The topological polar surface area (TPSA) is 75.3 Å². The molecule has 0 aliphatic heterocycles. The van der Waals surface area contributed by atoms with Gasteiger partial charge in [-0.2, -0.15) is 0 Å². The van der Waals surface area contributed by atoms with Crippen LogP contribution in [0.3, 0.4) is 0 Å². The van der Waals surface area contributed by atoms with Crippen molar-refractivity contribution >= 4 is 33.4 Å². The maximum absolute atomic E-state index is 11.9. The van der Waals surface area contributed by atoms with Crippen molar-refractivity contribution in [3.8, 4) is 0 Å². The molecule has 7 heteroatoms. The Kier molecular flexibility index (Phi) is 6.90. The number of rotatable bonds is 8. The Morgan fingerprint density at radius 1 is 1.12 bits per heavy atom. The van der Waals surface area contributed by atoms with Gasteiger partial charge in [0.25, 0.3) is 0 Å². The van der Waals surface area contributed by atoms with Gasteiger partial charge >= 0.3 is 0 Å². The predicted octanol–water partition coefficient (Wildman–Crippen LogP) is 3.17. The van der Waals surface area contributed by atoms with E-state index in [1.54, 1.807) is 30.0 Å². The predicted molar refractivity (Wildman–Crippen MR) is 103 cm³/mol. The SMILES string of the molecule is Cc1ccc(SCCC(=O)NCc2cccc(NS(C)(=O)=O)c2)cc1. The Morgan fingerprint density at radius 3 is 2.52 bits per heavy atom. The fourth-order valence-electron chi connectivity index (χ4n) is 2.14. The van der Waals surface area contributed by atoms with Gasteiger partial charge in [-0.3, -0.25) is 9.52 Å². The summed E-state index contributed by atoms with van der Waals surface area (Å²) < 4.78 is 24.9. The van der Waals surface area contributed by atoms with Crippen molar-refractivity contribution in [3.05, 3.63) is 59.7 Å². The summed E-state index contributed by atoms with van der Waals surface area (Å²) >= 11 is 1.65. The third-order valence-electron chi connectivity index (χ3n) is 3.34. The standard InChI is InChI=1S/C18H22N2O3S2/c1-14-6-8-17(9-7-14)24-11-10-18(21)19-13-15-4-3-5-16(12-15)20-25(2,22)23/h3-9,12,20H,10-11,13H2,1-2H3,(H,19,21). The third-order valence-corrected chi connectivity index (χ3v) is 4.96. The molecule has 0 aromatic heterocycles. The summed E-state index contributed by atoms with van der Waals surface area (Å²) in [6.07, 6.45) is 1.53. The van der Waals surface area contributed by atoms with Crippen LogP contribution in [0, 0.1) is 6.92 Å². The molecule has 0 aliphatic rings. The van der Waals surface area contributed by atoms with Crippen LogP contribution in [0.5, 0.6) is 0 Å². The molecule has 0 atom stereocenters. The monoisotopic (exact) mass is 378 g/mol. The van der Waals surface area contributed by atoms with Gasteiger partial charge in [-0.1, -0.05) is 29.8 Å². The van der Waals surface area contributed by atoms with E-state index in [0.29, 0.717) is 24.4 Å². The second kappa shape index (κ2) is 8.92. The van der Waals surface area contributed by atoms with Gasteiger partial charge in [-0.15, -0.1) is 11.8 Å². The highest BCUT2D eigenvalue weighted by Gasteiger charge is 2.05. The first-order valence-electron chi connectivity index (χ1n) is 7.85. The summed E-state index contributed by atoms with van der Waals surface area (Å²) in [6, 6.07) is 15.2. The minimum absolute atomic E-state index is 0.0268. The number of nitrogens with one attached hydrogen (secondary N) is 2. The van der Waals surface area contributed by atoms with E-state index in [1.165, 1.54) is 5.56 Å². The highest BCUT2D eigenvalue weighted by atomic mass is 32.2. The maximum Gasteiger partial charge on any atom is 0.229 e. The van der Waals surface area contributed by atoms with Crippen molar-refractivity contribution in [1.29, 1.82) is 0 Å².